The van der Waals surface area contributed by atoms with Crippen LogP contribution in [0.3, 0.4) is 0 Å². The monoisotopic (exact) mass is 870 g/mol. The van der Waals surface area contributed by atoms with E-state index < -0.39 is 11.8 Å². The minimum atomic E-state index is -0.393. The Hall–Kier alpha value is -3.08. The lowest BCUT2D eigenvalue weighted by Gasteiger charge is -2.15. The lowest BCUT2D eigenvalue weighted by Crippen LogP contribution is -2.42. The van der Waals surface area contributed by atoms with Gasteiger partial charge in [-0.1, -0.05) is 44.6 Å². The fourth-order valence-electron chi connectivity index (χ4n) is 4.52. The van der Waals surface area contributed by atoms with Crippen molar-refractivity contribution >= 4 is 84.7 Å². The fraction of sp³-hybridized carbons (Fsp3) is 0.667. The first-order chi connectivity index (χ1) is 23.9. The molecule has 2 aliphatic rings. The number of nitrogens with zero attached hydrogens (tertiary/aromatic N) is 2. The van der Waals surface area contributed by atoms with Crippen LogP contribution in [0.1, 0.15) is 103 Å². The van der Waals surface area contributed by atoms with Crippen molar-refractivity contribution in [2.45, 2.75) is 115 Å². The number of ketones is 2. The van der Waals surface area contributed by atoms with Crippen LogP contribution in [0.2, 0.25) is 0 Å². The maximum atomic E-state index is 11.7. The van der Waals surface area contributed by atoms with Crippen molar-refractivity contribution in [1.82, 2.24) is 31.1 Å². The summed E-state index contributed by atoms with van der Waals surface area (Å²) in [5.41, 5.74) is 10.7. The summed E-state index contributed by atoms with van der Waals surface area (Å²) < 4.78 is 0. The van der Waals surface area contributed by atoms with E-state index in [1.165, 1.54) is 24.3 Å². The molecule has 0 aliphatic carbocycles. The normalized spacial score (nSPS) is 13.1. The van der Waals surface area contributed by atoms with Gasteiger partial charge < -0.3 is 27.4 Å². The molecule has 2 heterocycles. The molecule has 0 radical (unpaired) electrons. The van der Waals surface area contributed by atoms with E-state index in [1.807, 2.05) is 0 Å². The summed E-state index contributed by atoms with van der Waals surface area (Å²) in [5, 5.41) is 11.3. The Morgan fingerprint density at radius 2 is 1.02 bits per heavy atom. The predicted octanol–water partition coefficient (Wildman–Crippen LogP) is 3.29. The maximum absolute atomic E-state index is 11.7. The van der Waals surface area contributed by atoms with Crippen molar-refractivity contribution in [1.29, 1.82) is 0 Å². The van der Waals surface area contributed by atoms with Crippen molar-refractivity contribution in [3.63, 3.8) is 0 Å². The first kappa shape index (κ1) is 67.7. The third-order valence-electron chi connectivity index (χ3n) is 7.24. The summed E-state index contributed by atoms with van der Waals surface area (Å²) in [6.07, 6.45) is 9.35. The number of imide groups is 2. The molecule has 8 N–H and O–H groups in total. The van der Waals surface area contributed by atoms with Crippen LogP contribution in [0, 0.1) is 0 Å². The highest BCUT2D eigenvalue weighted by molar-refractivity contribution is 8.40. The van der Waals surface area contributed by atoms with E-state index in [0.29, 0.717) is 25.9 Å². The Kier molecular flexibility index (Phi) is 50.2. The second-order valence-electron chi connectivity index (χ2n) is 10.8. The lowest BCUT2D eigenvalue weighted by molar-refractivity contribution is -0.139. The third kappa shape index (κ3) is 30.1. The number of amides is 6. The molecule has 0 bridgehead atoms. The highest BCUT2D eigenvalue weighted by Gasteiger charge is 2.24. The molecule has 2 atom stereocenters. The zero-order chi connectivity index (χ0) is 37.9. The lowest BCUT2D eigenvalue weighted by atomic mass is 10.1. The molecule has 2 rings (SSSR count). The number of Topliss-reactive ketones (excluding diaryl/α,β-unsaturated/α-hetero) is 2. The largest absolute Gasteiger partial charge is 0.356 e. The van der Waals surface area contributed by atoms with E-state index in [0.717, 1.165) is 49.6 Å². The molecule has 56 heavy (non-hydrogen) atoms. The zero-order valence-electron chi connectivity index (χ0n) is 28.4. The molecule has 0 aromatic rings. The molecule has 0 aromatic carbocycles. The van der Waals surface area contributed by atoms with Gasteiger partial charge >= 0.3 is 0 Å². The molecule has 0 spiro atoms. The topological polar surface area (TPSA) is 243 Å². The third-order valence-corrected chi connectivity index (χ3v) is 9.90. The van der Waals surface area contributed by atoms with Crippen LogP contribution in [0.15, 0.2) is 24.3 Å². The van der Waals surface area contributed by atoms with Crippen molar-refractivity contribution in [2.24, 2.45) is 11.5 Å². The van der Waals surface area contributed by atoms with Gasteiger partial charge in [0, 0.05) is 84.1 Å². The Morgan fingerprint density at radius 3 is 1.30 bits per heavy atom. The van der Waals surface area contributed by atoms with Crippen LogP contribution in [0.25, 0.3) is 0 Å². The Morgan fingerprint density at radius 1 is 0.661 bits per heavy atom. The SMILES string of the molecule is C.C.C.C.C.C.CN[C@@H](CCCCNC(=O)CCN1C(=O)C=CC1=O)C(C)=O.NCN[C@@H](CCCCNC(=O)CCN1C(=O)C=CC1=O)C(=O)CN.S=PP=S. The Bertz CT molecular complexity index is 1230. The number of carbonyl (C=O) groups is 8. The number of likely N-dealkylation sites (N-methyl/N-ethyl adjacent to an activating group) is 1. The smallest absolute Gasteiger partial charge is 0.253 e. The van der Waals surface area contributed by atoms with Crippen molar-refractivity contribution < 1.29 is 38.4 Å². The van der Waals surface area contributed by atoms with E-state index >= 15 is 0 Å². The van der Waals surface area contributed by atoms with E-state index in [1.54, 1.807) is 14.0 Å². The van der Waals surface area contributed by atoms with Gasteiger partial charge in [-0.05, 0) is 76.1 Å². The number of nitrogens with two attached hydrogens (primary N) is 2. The van der Waals surface area contributed by atoms with Gasteiger partial charge in [-0.3, -0.25) is 53.5 Å². The number of hydrogen-bond acceptors (Lipinski definition) is 14. The first-order valence-corrected chi connectivity index (χ1v) is 20.5. The van der Waals surface area contributed by atoms with Gasteiger partial charge in [-0.25, -0.2) is 0 Å². The number of rotatable bonds is 23. The summed E-state index contributed by atoms with van der Waals surface area (Å²) in [5.74, 6) is -1.92. The van der Waals surface area contributed by atoms with Crippen LogP contribution < -0.4 is 32.7 Å². The van der Waals surface area contributed by atoms with E-state index in [2.05, 4.69) is 44.9 Å². The first-order valence-electron chi connectivity index (χ1n) is 16.0. The Balaban J connectivity index is -0.000000143. The molecule has 326 valence electrons. The van der Waals surface area contributed by atoms with E-state index in [4.69, 9.17) is 11.5 Å². The average molecular weight is 871 g/mol. The highest BCUT2D eigenvalue weighted by Crippen LogP contribution is 2.10. The second kappa shape index (κ2) is 41.6. The summed E-state index contributed by atoms with van der Waals surface area (Å²) in [6.45, 7) is 2.89. The number of hydrogen-bond donors (Lipinski definition) is 6. The molecule has 20 heteroatoms. The van der Waals surface area contributed by atoms with Gasteiger partial charge in [0.1, 0.15) is 5.78 Å². The van der Waals surface area contributed by atoms with Gasteiger partial charge in [0.25, 0.3) is 23.6 Å². The van der Waals surface area contributed by atoms with Crippen LogP contribution in [-0.2, 0) is 62.0 Å². The summed E-state index contributed by atoms with van der Waals surface area (Å²) >= 11 is 8.82. The molecule has 16 nitrogen and oxygen atoms in total. The number of nitrogens with one attached hydrogen (secondary N) is 4. The van der Waals surface area contributed by atoms with E-state index in [9.17, 15) is 38.4 Å². The number of carbonyl (C=O) groups excluding carboxylic acids is 8. The summed E-state index contributed by atoms with van der Waals surface area (Å²) in [4.78, 5) is 93.4. The summed E-state index contributed by atoms with van der Waals surface area (Å²) in [6, 6.07) is -0.481. The highest BCUT2D eigenvalue weighted by atomic mass is 32.7. The molecule has 2 aliphatic heterocycles. The molecular weight excluding hydrogens is 799 g/mol. The zero-order valence-corrected chi connectivity index (χ0v) is 31.8. The van der Waals surface area contributed by atoms with Gasteiger partial charge in [0.05, 0.1) is 18.6 Å². The van der Waals surface area contributed by atoms with Gasteiger partial charge in [0.15, 0.2) is 5.78 Å². The molecule has 0 fully saturated rings. The Labute approximate surface area is 350 Å². The van der Waals surface area contributed by atoms with Gasteiger partial charge in [-0.15, -0.1) is 0 Å². The quantitative estimate of drug-likeness (QED) is 0.0374. The number of unbranched alkanes of at least 4 members (excludes halogenated alkanes) is 2. The molecule has 6 amide bonds. The second-order valence-corrected chi connectivity index (χ2v) is 15.0. The van der Waals surface area contributed by atoms with Crippen LogP contribution in [0.5, 0.6) is 0 Å². The van der Waals surface area contributed by atoms with Crippen LogP contribution in [0.4, 0.5) is 0 Å². The molecule has 0 unspecified atom stereocenters. The molecule has 0 saturated carbocycles. The van der Waals surface area contributed by atoms with Gasteiger partial charge in [-0.2, -0.15) is 0 Å². The summed E-state index contributed by atoms with van der Waals surface area (Å²) in [7, 11) is 3.49. The van der Waals surface area contributed by atoms with Crippen LogP contribution >= 0.6 is 14.1 Å². The van der Waals surface area contributed by atoms with Crippen molar-refractivity contribution in [2.75, 3.05) is 46.4 Å². The van der Waals surface area contributed by atoms with E-state index in [-0.39, 0.29) is 131 Å². The average Bonchev–Trinajstić information content (AvgIpc) is 3.60. The standard InChI is InChI=1S/C15H25N5O4.C15H23N3O4.6CH4.P2S2/c16-9-12(21)11(19-10-17)3-1-2-7-18-13(22)6-8-20-14(23)4-5-15(20)24;1-11(19)12(16-2)5-3-4-9-17-13(20)8-10-18-14(21)6-7-15(18)22;;;;;;;3-1-2-4/h4-5,11,19H,1-3,6-10,16-17H2,(H,18,22);6-7,12,16H,3-5,8-10H2,1-2H3,(H,17,20);6*1H4;/t11-;12-;;;;;;;/m00......./s1. The van der Waals surface area contributed by atoms with Crippen molar-refractivity contribution in [3.05, 3.63) is 24.3 Å². The predicted molar refractivity (Wildman–Crippen MR) is 237 cm³/mol. The maximum Gasteiger partial charge on any atom is 0.253 e. The minimum Gasteiger partial charge on any atom is -0.356 e. The minimum absolute atomic E-state index is 0. The molecule has 0 saturated heterocycles. The molecular formula is C36H72N8O8P2S2. The van der Waals surface area contributed by atoms with Crippen molar-refractivity contribution in [3.8, 4) is 0 Å². The molecule has 0 aromatic heterocycles. The van der Waals surface area contributed by atoms with Gasteiger partial charge in [0.2, 0.25) is 11.8 Å². The van der Waals surface area contributed by atoms with Crippen LogP contribution in [-0.4, -0.2) is 115 Å². The fourth-order valence-corrected chi connectivity index (χ4v) is 4.52.